The average Bonchev–Trinajstić information content (AvgIpc) is 3.30. The highest BCUT2D eigenvalue weighted by atomic mass is 32.1. The number of nitrogens with one attached hydrogen (secondary N) is 1. The van der Waals surface area contributed by atoms with Crippen LogP contribution in [0.4, 0.5) is 16.4 Å². The van der Waals surface area contributed by atoms with Gasteiger partial charge in [0, 0.05) is 4.88 Å². The predicted octanol–water partition coefficient (Wildman–Crippen LogP) is 9.57. The standard InChI is InChI=1S/C36H57N4O2S/c1-5-7-9-11-13-15-19-30(20-16-14-12-10-8-6-2)36(41)42-28-40(4)25-23-39(24-26-40)34-31-27-29(3)43-35(31)38-33-22-18-17-21-32(33)37-34/h17-18,21-22,27,30,38H,5-16,19-20,23-26,28H2,1-4H3/q+1. The summed E-state index contributed by atoms with van der Waals surface area (Å²) in [5, 5.41) is 4.79. The number of hydrogen-bond acceptors (Lipinski definition) is 6. The molecule has 7 heteroatoms. The SMILES string of the molecule is CCCCCCCCC(CCCCCCCC)C(=O)OC[N+]1(C)CCN(C2=Nc3ccccc3Nc3sc(C)cc32)CC1. The van der Waals surface area contributed by atoms with Gasteiger partial charge in [0.2, 0.25) is 6.73 Å². The van der Waals surface area contributed by atoms with E-state index in [1.54, 1.807) is 11.3 Å². The zero-order valence-corrected chi connectivity index (χ0v) is 28.3. The van der Waals surface area contributed by atoms with Gasteiger partial charge in [-0.25, -0.2) is 4.99 Å². The van der Waals surface area contributed by atoms with Crippen LogP contribution in [0.5, 0.6) is 0 Å². The summed E-state index contributed by atoms with van der Waals surface area (Å²) < 4.78 is 6.89. The first kappa shape index (κ1) is 33.5. The number of carbonyl (C=O) groups is 1. The van der Waals surface area contributed by atoms with Crippen LogP contribution in [-0.2, 0) is 9.53 Å². The Kier molecular flexibility index (Phi) is 13.4. The summed E-state index contributed by atoms with van der Waals surface area (Å²) in [6.45, 7) is 10.8. The fraction of sp³-hybridized carbons (Fsp3) is 0.667. The molecular weight excluding hydrogens is 552 g/mol. The molecule has 1 fully saturated rings. The van der Waals surface area contributed by atoms with Gasteiger partial charge in [-0.05, 0) is 38.0 Å². The molecule has 6 nitrogen and oxygen atoms in total. The molecule has 43 heavy (non-hydrogen) atoms. The van der Waals surface area contributed by atoms with Crippen LogP contribution in [0.25, 0.3) is 0 Å². The van der Waals surface area contributed by atoms with Crippen LogP contribution in [0.2, 0.25) is 0 Å². The molecule has 1 N–H and O–H groups in total. The highest BCUT2D eigenvalue weighted by Gasteiger charge is 2.34. The second kappa shape index (κ2) is 17.2. The molecule has 2 aromatic rings. The largest absolute Gasteiger partial charge is 0.415 e. The summed E-state index contributed by atoms with van der Waals surface area (Å²) in [4.78, 5) is 22.3. The maximum atomic E-state index is 13.4. The third kappa shape index (κ3) is 10.1. The van der Waals surface area contributed by atoms with E-state index in [-0.39, 0.29) is 11.9 Å². The molecule has 3 heterocycles. The van der Waals surface area contributed by atoms with Crippen molar-refractivity contribution in [1.29, 1.82) is 0 Å². The highest BCUT2D eigenvalue weighted by molar-refractivity contribution is 7.16. The van der Waals surface area contributed by atoms with Crippen molar-refractivity contribution in [3.63, 3.8) is 0 Å². The number of thiophene rings is 1. The number of esters is 1. The summed E-state index contributed by atoms with van der Waals surface area (Å²) in [5.74, 6) is 1.15. The van der Waals surface area contributed by atoms with E-state index in [1.807, 2.05) is 0 Å². The first-order valence-corrected chi connectivity index (χ1v) is 18.0. The predicted molar refractivity (Wildman–Crippen MR) is 183 cm³/mol. The monoisotopic (exact) mass is 609 g/mol. The average molecular weight is 610 g/mol. The zero-order valence-electron chi connectivity index (χ0n) is 27.5. The Hall–Kier alpha value is -2.38. The van der Waals surface area contributed by atoms with E-state index in [9.17, 15) is 4.79 Å². The zero-order chi connectivity index (χ0) is 30.5. The third-order valence-electron chi connectivity index (χ3n) is 9.26. The minimum absolute atomic E-state index is 0.0399. The number of aryl methyl sites for hydroxylation is 1. The molecule has 0 amide bonds. The second-order valence-corrected chi connectivity index (χ2v) is 14.4. The third-order valence-corrected chi connectivity index (χ3v) is 10.2. The lowest BCUT2D eigenvalue weighted by Crippen LogP contribution is -2.59. The van der Waals surface area contributed by atoms with Gasteiger partial charge >= 0.3 is 5.97 Å². The molecule has 0 spiro atoms. The maximum absolute atomic E-state index is 13.4. The number of nitrogens with zero attached hydrogens (tertiary/aromatic N) is 3. The van der Waals surface area contributed by atoms with Crippen molar-refractivity contribution in [2.24, 2.45) is 10.9 Å². The number of quaternary nitrogens is 1. The number of ether oxygens (including phenoxy) is 1. The molecule has 1 aromatic carbocycles. The van der Waals surface area contributed by atoms with Gasteiger partial charge in [0.05, 0.1) is 56.1 Å². The van der Waals surface area contributed by atoms with Crippen LogP contribution < -0.4 is 5.32 Å². The Morgan fingerprint density at radius 3 is 2.21 bits per heavy atom. The summed E-state index contributed by atoms with van der Waals surface area (Å²) in [5.41, 5.74) is 3.23. The van der Waals surface area contributed by atoms with Gasteiger partial charge in [-0.1, -0.05) is 103 Å². The van der Waals surface area contributed by atoms with Crippen molar-refractivity contribution in [3.05, 3.63) is 40.8 Å². The molecule has 4 rings (SSSR count). The fourth-order valence-corrected chi connectivity index (χ4v) is 7.26. The van der Waals surface area contributed by atoms with Crippen LogP contribution in [0.3, 0.4) is 0 Å². The number of aliphatic imine (C=N–C) groups is 1. The number of para-hydroxylation sites is 2. The van der Waals surface area contributed by atoms with Crippen molar-refractivity contribution < 1.29 is 14.0 Å². The van der Waals surface area contributed by atoms with Gasteiger partial charge in [0.1, 0.15) is 10.8 Å². The van der Waals surface area contributed by atoms with Crippen LogP contribution in [0, 0.1) is 12.8 Å². The minimum atomic E-state index is 0.0399. The van der Waals surface area contributed by atoms with Gasteiger partial charge in [-0.2, -0.15) is 0 Å². The topological polar surface area (TPSA) is 53.9 Å². The Bertz CT molecular complexity index is 1150. The normalized spacial score (nSPS) is 15.8. The number of rotatable bonds is 17. The van der Waals surface area contributed by atoms with Gasteiger partial charge in [-0.15, -0.1) is 11.3 Å². The summed E-state index contributed by atoms with van der Waals surface area (Å²) in [7, 11) is 2.24. The van der Waals surface area contributed by atoms with E-state index in [0.29, 0.717) is 6.73 Å². The Morgan fingerprint density at radius 1 is 0.953 bits per heavy atom. The lowest BCUT2D eigenvalue weighted by atomic mass is 9.94. The van der Waals surface area contributed by atoms with E-state index in [1.165, 1.54) is 79.6 Å². The number of anilines is 2. The van der Waals surface area contributed by atoms with Crippen molar-refractivity contribution in [2.45, 2.75) is 111 Å². The number of piperazine rings is 1. The van der Waals surface area contributed by atoms with E-state index >= 15 is 0 Å². The summed E-state index contributed by atoms with van der Waals surface area (Å²) in [6, 6.07) is 10.6. The molecule has 2 aliphatic rings. The Labute approximate surface area is 265 Å². The molecule has 1 saturated heterocycles. The molecule has 0 unspecified atom stereocenters. The number of hydrogen-bond donors (Lipinski definition) is 1. The quantitative estimate of drug-likeness (QED) is 0.110. The molecule has 0 atom stereocenters. The smallest absolute Gasteiger partial charge is 0.313 e. The lowest BCUT2D eigenvalue weighted by molar-refractivity contribution is -0.929. The van der Waals surface area contributed by atoms with Crippen LogP contribution in [-0.4, -0.2) is 61.1 Å². The highest BCUT2D eigenvalue weighted by Crippen LogP contribution is 2.39. The first-order valence-electron chi connectivity index (χ1n) is 17.2. The van der Waals surface area contributed by atoms with Crippen LogP contribution >= 0.6 is 11.3 Å². The molecule has 0 radical (unpaired) electrons. The van der Waals surface area contributed by atoms with Crippen molar-refractivity contribution in [1.82, 2.24) is 4.90 Å². The molecule has 0 bridgehead atoms. The molecule has 238 valence electrons. The van der Waals surface area contributed by atoms with Crippen LogP contribution in [0.15, 0.2) is 35.3 Å². The molecular formula is C36H57N4O2S+. The second-order valence-electron chi connectivity index (χ2n) is 13.1. The van der Waals surface area contributed by atoms with Crippen molar-refractivity contribution >= 4 is 39.5 Å². The molecule has 2 aliphatic heterocycles. The summed E-state index contributed by atoms with van der Waals surface area (Å²) in [6.07, 6.45) is 17.1. The number of unbranched alkanes of at least 4 members (excludes halogenated alkanes) is 10. The van der Waals surface area contributed by atoms with E-state index in [4.69, 9.17) is 9.73 Å². The maximum Gasteiger partial charge on any atom is 0.313 e. The van der Waals surface area contributed by atoms with Crippen LogP contribution in [0.1, 0.15) is 114 Å². The van der Waals surface area contributed by atoms with Gasteiger partial charge in [-0.3, -0.25) is 9.28 Å². The van der Waals surface area contributed by atoms with Gasteiger partial charge < -0.3 is 15.0 Å². The van der Waals surface area contributed by atoms with Crippen molar-refractivity contribution in [3.8, 4) is 0 Å². The van der Waals surface area contributed by atoms with Gasteiger partial charge in [0.25, 0.3) is 0 Å². The number of benzene rings is 1. The lowest BCUT2D eigenvalue weighted by Gasteiger charge is -2.42. The number of fused-ring (bicyclic) bond motifs is 2. The minimum Gasteiger partial charge on any atom is -0.415 e. The van der Waals surface area contributed by atoms with E-state index in [0.717, 1.165) is 73.6 Å². The fourth-order valence-electron chi connectivity index (χ4n) is 6.34. The Balaban J connectivity index is 1.31. The molecule has 0 saturated carbocycles. The number of carbonyl (C=O) groups excluding carboxylic acids is 1. The van der Waals surface area contributed by atoms with Gasteiger partial charge in [0.15, 0.2) is 0 Å². The number of likely N-dealkylation sites (N-methyl/N-ethyl adjacent to an activating group) is 1. The molecule has 0 aliphatic carbocycles. The van der Waals surface area contributed by atoms with E-state index in [2.05, 4.69) is 68.4 Å². The summed E-state index contributed by atoms with van der Waals surface area (Å²) >= 11 is 1.79. The van der Waals surface area contributed by atoms with E-state index < -0.39 is 0 Å². The molecule has 1 aromatic heterocycles. The van der Waals surface area contributed by atoms with Crippen molar-refractivity contribution in [2.75, 3.05) is 45.3 Å². The first-order chi connectivity index (χ1) is 20.9. The Morgan fingerprint density at radius 2 is 1.56 bits per heavy atom. The number of amidine groups is 1.